The molecule has 0 saturated carbocycles. The molecule has 0 unspecified atom stereocenters. The van der Waals surface area contributed by atoms with Gasteiger partial charge < -0.3 is 10.2 Å². The average Bonchev–Trinajstić information content (AvgIpc) is 2.31. The summed E-state index contributed by atoms with van der Waals surface area (Å²) in [4.78, 5) is 44.4. The summed E-state index contributed by atoms with van der Waals surface area (Å²) in [5, 5.41) is 17.9. The van der Waals surface area contributed by atoms with Crippen LogP contribution in [0, 0.1) is 0 Å². The lowest BCUT2D eigenvalue weighted by Crippen LogP contribution is -2.16. The van der Waals surface area contributed by atoms with Crippen molar-refractivity contribution >= 4 is 23.5 Å². The Hall–Kier alpha value is -1.98. The molecule has 0 rings (SSSR count). The molecule has 0 bridgehead atoms. The molecule has 6 heteroatoms. The molecule has 0 aliphatic rings. The van der Waals surface area contributed by atoms with Gasteiger partial charge in [0, 0.05) is 25.7 Å². The lowest BCUT2D eigenvalue weighted by molar-refractivity contribution is -0.137. The van der Waals surface area contributed by atoms with Gasteiger partial charge in [0.2, 0.25) is 0 Å². The molecule has 0 saturated heterocycles. The minimum Gasteiger partial charge on any atom is -0.478 e. The molecule has 2 N–H and O–H groups in total. The van der Waals surface area contributed by atoms with E-state index >= 15 is 0 Å². The first-order chi connectivity index (χ1) is 8.33. The lowest BCUT2D eigenvalue weighted by Gasteiger charge is -2.07. The van der Waals surface area contributed by atoms with Crippen LogP contribution in [0.5, 0.6) is 0 Å². The molecule has 0 aliphatic heterocycles. The number of carbonyl (C=O) groups is 4. The summed E-state index contributed by atoms with van der Waals surface area (Å²) in [5.41, 5.74) is -1.01. The Kier molecular flexibility index (Phi) is 6.56. The number of hydrogen-bond donors (Lipinski definition) is 2. The first-order valence-electron chi connectivity index (χ1n) is 5.55. The van der Waals surface area contributed by atoms with Gasteiger partial charge in [0.1, 0.15) is 11.6 Å². The van der Waals surface area contributed by atoms with Crippen LogP contribution in [0.1, 0.15) is 39.5 Å². The molecule has 0 amide bonds. The Morgan fingerprint density at radius 3 is 1.17 bits per heavy atom. The fourth-order valence-electron chi connectivity index (χ4n) is 1.27. The van der Waals surface area contributed by atoms with Gasteiger partial charge in [-0.05, 0) is 0 Å². The highest BCUT2D eigenvalue weighted by atomic mass is 16.4. The number of carboxylic acid groups (broad SMARTS) is 2. The van der Waals surface area contributed by atoms with E-state index in [1.807, 2.05) is 0 Å². The first kappa shape index (κ1) is 16.0. The Bertz CT molecular complexity index is 367. The van der Waals surface area contributed by atoms with Gasteiger partial charge in [0.05, 0.1) is 11.1 Å². The van der Waals surface area contributed by atoms with Crippen molar-refractivity contribution in [3.63, 3.8) is 0 Å². The van der Waals surface area contributed by atoms with Gasteiger partial charge in [-0.15, -0.1) is 0 Å². The molecule has 0 heterocycles. The number of ketones is 2. The Labute approximate surface area is 104 Å². The molecule has 0 aromatic heterocycles. The van der Waals surface area contributed by atoms with Gasteiger partial charge in [-0.2, -0.15) is 0 Å². The van der Waals surface area contributed by atoms with E-state index in [1.165, 1.54) is 0 Å². The number of Topliss-reactive ketones (excluding diaryl/α,β-unsaturated/α-hetero) is 2. The van der Waals surface area contributed by atoms with Crippen molar-refractivity contribution in [1.82, 2.24) is 0 Å². The van der Waals surface area contributed by atoms with Crippen LogP contribution in [0.15, 0.2) is 11.1 Å². The van der Waals surface area contributed by atoms with E-state index in [1.54, 1.807) is 13.8 Å². The molecule has 6 nitrogen and oxygen atoms in total. The molecule has 0 aromatic carbocycles. The fourth-order valence-corrected chi connectivity index (χ4v) is 1.27. The third-order valence-corrected chi connectivity index (χ3v) is 2.42. The SMILES string of the molecule is CCC(=O)C/C(C(=O)O)=C(/CC(=O)CC)C(=O)O. The molecule has 0 fully saturated rings. The predicted octanol–water partition coefficient (Wildman–Crippen LogP) is 1.19. The van der Waals surface area contributed by atoms with E-state index in [9.17, 15) is 19.2 Å². The zero-order valence-electron chi connectivity index (χ0n) is 10.4. The summed E-state index contributed by atoms with van der Waals surface area (Å²) >= 11 is 0. The van der Waals surface area contributed by atoms with E-state index in [0.29, 0.717) is 0 Å². The molecule has 0 radical (unpaired) electrons. The zero-order valence-corrected chi connectivity index (χ0v) is 10.4. The molecule has 0 aliphatic carbocycles. The largest absolute Gasteiger partial charge is 0.478 e. The maximum atomic E-state index is 11.2. The normalized spacial score (nSPS) is 11.7. The van der Waals surface area contributed by atoms with Crippen molar-refractivity contribution < 1.29 is 29.4 Å². The number of hydrogen-bond acceptors (Lipinski definition) is 4. The van der Waals surface area contributed by atoms with Crippen molar-refractivity contribution in [3.05, 3.63) is 11.1 Å². The monoisotopic (exact) mass is 256 g/mol. The van der Waals surface area contributed by atoms with Crippen LogP contribution in [-0.2, 0) is 19.2 Å². The van der Waals surface area contributed by atoms with E-state index in [2.05, 4.69) is 0 Å². The maximum Gasteiger partial charge on any atom is 0.332 e. The van der Waals surface area contributed by atoms with Crippen LogP contribution in [0.4, 0.5) is 0 Å². The number of carbonyl (C=O) groups excluding carboxylic acids is 2. The standard InChI is InChI=1S/C12H16O6/c1-3-7(13)5-9(11(15)16)10(12(17)18)6-8(14)4-2/h3-6H2,1-2H3,(H,15,16)(H,17,18)/b10-9+. The third-order valence-electron chi connectivity index (χ3n) is 2.42. The predicted molar refractivity (Wildman–Crippen MR) is 62.1 cm³/mol. The second-order valence-electron chi connectivity index (χ2n) is 3.71. The minimum atomic E-state index is -1.47. The highest BCUT2D eigenvalue weighted by molar-refractivity contribution is 6.05. The minimum absolute atomic E-state index is 0.116. The van der Waals surface area contributed by atoms with Crippen LogP contribution >= 0.6 is 0 Å². The Balaban J connectivity index is 5.43. The summed E-state index contributed by atoms with van der Waals surface area (Å²) in [7, 11) is 0. The second kappa shape index (κ2) is 7.37. The molecule has 100 valence electrons. The van der Waals surface area contributed by atoms with Crippen molar-refractivity contribution in [2.24, 2.45) is 0 Å². The van der Waals surface area contributed by atoms with Gasteiger partial charge in [-0.3, -0.25) is 9.59 Å². The Morgan fingerprint density at radius 2 is 1.00 bits per heavy atom. The summed E-state index contributed by atoms with van der Waals surface area (Å²) in [6, 6.07) is 0. The topological polar surface area (TPSA) is 109 Å². The molecule has 0 atom stereocenters. The Morgan fingerprint density at radius 1 is 0.722 bits per heavy atom. The average molecular weight is 256 g/mol. The van der Waals surface area contributed by atoms with E-state index < -0.39 is 35.9 Å². The maximum absolute atomic E-state index is 11.2. The molecular weight excluding hydrogens is 240 g/mol. The van der Waals surface area contributed by atoms with E-state index in [4.69, 9.17) is 10.2 Å². The fraction of sp³-hybridized carbons (Fsp3) is 0.500. The van der Waals surface area contributed by atoms with Gasteiger partial charge >= 0.3 is 11.9 Å². The zero-order chi connectivity index (χ0) is 14.3. The van der Waals surface area contributed by atoms with Gasteiger partial charge in [-0.1, -0.05) is 13.8 Å². The number of rotatable bonds is 8. The third kappa shape index (κ3) is 4.90. The van der Waals surface area contributed by atoms with Crippen molar-refractivity contribution in [1.29, 1.82) is 0 Å². The summed E-state index contributed by atoms with van der Waals surface area (Å²) in [6.07, 6.45) is -0.703. The van der Waals surface area contributed by atoms with Crippen molar-refractivity contribution in [2.45, 2.75) is 39.5 Å². The van der Waals surface area contributed by atoms with Gasteiger partial charge in [0.25, 0.3) is 0 Å². The smallest absolute Gasteiger partial charge is 0.332 e. The van der Waals surface area contributed by atoms with Gasteiger partial charge in [-0.25, -0.2) is 9.59 Å². The van der Waals surface area contributed by atoms with Crippen LogP contribution in [0.3, 0.4) is 0 Å². The first-order valence-corrected chi connectivity index (χ1v) is 5.55. The van der Waals surface area contributed by atoms with Crippen molar-refractivity contribution in [2.75, 3.05) is 0 Å². The lowest BCUT2D eigenvalue weighted by atomic mass is 9.97. The number of aliphatic carboxylic acids is 2. The van der Waals surface area contributed by atoms with Crippen LogP contribution in [-0.4, -0.2) is 33.7 Å². The quantitative estimate of drug-likeness (QED) is 0.631. The van der Waals surface area contributed by atoms with Crippen LogP contribution in [0.2, 0.25) is 0 Å². The second-order valence-corrected chi connectivity index (χ2v) is 3.71. The molecule has 0 aromatic rings. The van der Waals surface area contributed by atoms with Crippen molar-refractivity contribution in [3.8, 4) is 0 Å². The van der Waals surface area contributed by atoms with Gasteiger partial charge in [0.15, 0.2) is 0 Å². The van der Waals surface area contributed by atoms with E-state index in [-0.39, 0.29) is 24.4 Å². The molecule has 18 heavy (non-hydrogen) atoms. The highest BCUT2D eigenvalue weighted by Gasteiger charge is 2.23. The summed E-state index contributed by atoms with van der Waals surface area (Å²) < 4.78 is 0. The number of carboxylic acids is 2. The van der Waals surface area contributed by atoms with Crippen LogP contribution in [0.25, 0.3) is 0 Å². The van der Waals surface area contributed by atoms with E-state index in [0.717, 1.165) is 0 Å². The molecular formula is C12H16O6. The molecule has 0 spiro atoms. The summed E-state index contributed by atoms with van der Waals surface area (Å²) in [5.74, 6) is -3.71. The summed E-state index contributed by atoms with van der Waals surface area (Å²) in [6.45, 7) is 3.11. The van der Waals surface area contributed by atoms with Crippen LogP contribution < -0.4 is 0 Å². The highest BCUT2D eigenvalue weighted by Crippen LogP contribution is 2.16.